The Balaban J connectivity index is 1.23. The van der Waals surface area contributed by atoms with Crippen LogP contribution in [0.3, 0.4) is 0 Å². The maximum absolute atomic E-state index is 14.0. The minimum Gasteiger partial charge on any atom is -0.342 e. The van der Waals surface area contributed by atoms with Crippen molar-refractivity contribution in [2.24, 2.45) is 17.8 Å². The molecule has 11 nitrogen and oxygen atoms in total. The highest BCUT2D eigenvalue weighted by Gasteiger charge is 2.72. The van der Waals surface area contributed by atoms with Crippen molar-refractivity contribution in [1.82, 2.24) is 40.4 Å². The summed E-state index contributed by atoms with van der Waals surface area (Å²) < 4.78 is 111. The van der Waals surface area contributed by atoms with Crippen LogP contribution in [0.2, 0.25) is 0 Å². The van der Waals surface area contributed by atoms with Crippen molar-refractivity contribution in [2.75, 3.05) is 6.54 Å². The Morgan fingerprint density at radius 1 is 1.16 bits per heavy atom. The molecule has 43 heavy (non-hydrogen) atoms. The number of alkyl halides is 8. The molecule has 6 rings (SSSR count). The minimum absolute atomic E-state index is 0.0532. The highest BCUT2D eigenvalue weighted by molar-refractivity contribution is 5.93. The van der Waals surface area contributed by atoms with Crippen LogP contribution in [0.25, 0.3) is 5.65 Å². The summed E-state index contributed by atoms with van der Waals surface area (Å²) in [6.07, 6.45) is -8.22. The van der Waals surface area contributed by atoms with Crippen LogP contribution in [0.1, 0.15) is 52.7 Å². The van der Waals surface area contributed by atoms with E-state index in [-0.39, 0.29) is 36.4 Å². The van der Waals surface area contributed by atoms with Gasteiger partial charge in [-0.15, -0.1) is 0 Å². The van der Waals surface area contributed by atoms with Crippen molar-refractivity contribution >= 4 is 17.6 Å². The van der Waals surface area contributed by atoms with Gasteiger partial charge in [-0.25, -0.2) is 27.7 Å². The average molecular weight is 622 g/mol. The molecule has 0 spiro atoms. The van der Waals surface area contributed by atoms with Crippen LogP contribution in [0.15, 0.2) is 23.1 Å². The molecule has 0 aromatic carbocycles. The van der Waals surface area contributed by atoms with Crippen molar-refractivity contribution in [3.8, 4) is 0 Å². The second-order valence-electron chi connectivity index (χ2n) is 11.0. The molecule has 2 saturated carbocycles. The normalized spacial score (nSPS) is 25.6. The van der Waals surface area contributed by atoms with Crippen LogP contribution in [0.5, 0.6) is 0 Å². The molecule has 2 aliphatic carbocycles. The van der Waals surface area contributed by atoms with Crippen LogP contribution < -0.4 is 10.6 Å². The van der Waals surface area contributed by atoms with Gasteiger partial charge in [0.05, 0.1) is 30.7 Å². The van der Waals surface area contributed by atoms with E-state index in [0.29, 0.717) is 5.56 Å². The Bertz CT molecular complexity index is 1540. The van der Waals surface area contributed by atoms with Crippen LogP contribution in [-0.2, 0) is 13.0 Å². The molecule has 3 aliphatic rings. The van der Waals surface area contributed by atoms with E-state index < -0.39 is 85.1 Å². The molecular weight excluding hydrogens is 600 g/mol. The molecule has 1 aliphatic heterocycles. The van der Waals surface area contributed by atoms with Crippen molar-refractivity contribution in [1.29, 1.82) is 0 Å². The van der Waals surface area contributed by atoms with Gasteiger partial charge < -0.3 is 15.5 Å². The van der Waals surface area contributed by atoms with E-state index in [2.05, 4.69) is 30.3 Å². The summed E-state index contributed by atoms with van der Waals surface area (Å²) in [5.74, 6) is -5.99. The van der Waals surface area contributed by atoms with Gasteiger partial charge in [0, 0.05) is 31.2 Å². The van der Waals surface area contributed by atoms with E-state index in [1.807, 2.05) is 5.32 Å². The number of amides is 3. The van der Waals surface area contributed by atoms with Crippen molar-refractivity contribution in [3.63, 3.8) is 0 Å². The number of carbonyl (C=O) groups is 2. The second-order valence-corrected chi connectivity index (χ2v) is 11.0. The molecule has 4 heterocycles. The van der Waals surface area contributed by atoms with Gasteiger partial charge in [0.2, 0.25) is 0 Å². The number of fused-ring (bicyclic) bond motifs is 2. The third-order valence-corrected chi connectivity index (χ3v) is 8.12. The summed E-state index contributed by atoms with van der Waals surface area (Å²) >= 11 is 0. The SMILES string of the molecule is O=C(NC(c1cn2ncc(CN3C[C@@H](C(F)(F)F)NC3=O)cc2n1)[C@@H]1C[C@@H]2[C@H](C1)C2(F)F)c1nonc1CCC(F)(F)F. The van der Waals surface area contributed by atoms with E-state index in [0.717, 1.165) is 4.90 Å². The number of imidazole rings is 1. The van der Waals surface area contributed by atoms with Gasteiger partial charge in [0.25, 0.3) is 11.8 Å². The summed E-state index contributed by atoms with van der Waals surface area (Å²) in [5.41, 5.74) is -0.0477. The topological polar surface area (TPSA) is 131 Å². The minimum atomic E-state index is -4.62. The van der Waals surface area contributed by atoms with Gasteiger partial charge in [-0.1, -0.05) is 5.16 Å². The van der Waals surface area contributed by atoms with Crippen LogP contribution in [0, 0.1) is 17.8 Å². The molecule has 0 bridgehead atoms. The van der Waals surface area contributed by atoms with Gasteiger partial charge >= 0.3 is 18.4 Å². The molecule has 19 heteroatoms. The predicted molar refractivity (Wildman–Crippen MR) is 125 cm³/mol. The molecule has 232 valence electrons. The van der Waals surface area contributed by atoms with Crippen molar-refractivity contribution < 1.29 is 49.3 Å². The Labute approximate surface area is 235 Å². The lowest BCUT2D eigenvalue weighted by atomic mass is 9.91. The first-order valence-electron chi connectivity index (χ1n) is 13.1. The van der Waals surface area contributed by atoms with Gasteiger partial charge in [-0.2, -0.15) is 31.4 Å². The number of halogens is 8. The number of aromatic nitrogens is 5. The van der Waals surface area contributed by atoms with Gasteiger partial charge in [0.1, 0.15) is 11.7 Å². The quantitative estimate of drug-likeness (QED) is 0.366. The lowest BCUT2D eigenvalue weighted by Crippen LogP contribution is -2.40. The molecule has 3 aromatic heterocycles. The molecule has 3 fully saturated rings. The molecule has 5 atom stereocenters. The molecule has 1 saturated heterocycles. The monoisotopic (exact) mass is 622 g/mol. The summed E-state index contributed by atoms with van der Waals surface area (Å²) in [6, 6.07) is -2.41. The number of urea groups is 1. The fourth-order valence-corrected chi connectivity index (χ4v) is 5.87. The van der Waals surface area contributed by atoms with Crippen molar-refractivity contribution in [2.45, 2.75) is 62.6 Å². The molecule has 2 N–H and O–H groups in total. The Kier molecular flexibility index (Phi) is 6.75. The average Bonchev–Trinajstić information content (AvgIpc) is 3.56. The summed E-state index contributed by atoms with van der Waals surface area (Å²) in [7, 11) is 0. The fourth-order valence-electron chi connectivity index (χ4n) is 5.87. The van der Waals surface area contributed by atoms with Gasteiger partial charge in [-0.05, 0) is 35.5 Å². The summed E-state index contributed by atoms with van der Waals surface area (Å²) in [6.45, 7) is -0.803. The van der Waals surface area contributed by atoms with E-state index in [1.165, 1.54) is 23.0 Å². The molecule has 0 radical (unpaired) electrons. The summed E-state index contributed by atoms with van der Waals surface area (Å²) in [4.78, 5) is 30.6. The molecule has 3 amide bonds. The van der Waals surface area contributed by atoms with E-state index in [1.54, 1.807) is 0 Å². The van der Waals surface area contributed by atoms with Crippen LogP contribution in [0.4, 0.5) is 39.9 Å². The maximum Gasteiger partial charge on any atom is 0.410 e. The van der Waals surface area contributed by atoms with Crippen LogP contribution >= 0.6 is 0 Å². The highest BCUT2D eigenvalue weighted by atomic mass is 19.4. The van der Waals surface area contributed by atoms with Gasteiger partial charge in [0.15, 0.2) is 11.3 Å². The standard InChI is InChI=1S/C24H22F8N8O3/c25-22(26,27)2-1-14-19(38-43-37-14)20(41)36-18(11-4-12-13(5-11)23(12,28)29)15-8-40-17(34-15)3-10(6-33-40)7-39-9-16(24(30,31)32)35-21(39)42/h3,6,8,11-13,16,18H,1-2,4-5,7,9H2,(H,35,42)(H,36,41)/t11-,12-,13+,16-,18?/m0/s1. The van der Waals surface area contributed by atoms with E-state index >= 15 is 0 Å². The third-order valence-electron chi connectivity index (χ3n) is 8.12. The number of nitrogens with one attached hydrogen (secondary N) is 2. The first-order valence-corrected chi connectivity index (χ1v) is 13.1. The first-order chi connectivity index (χ1) is 20.1. The second kappa shape index (κ2) is 10.0. The number of carbonyl (C=O) groups excluding carboxylic acids is 2. The van der Waals surface area contributed by atoms with Crippen LogP contribution in [-0.4, -0.2) is 72.6 Å². The number of aryl methyl sites for hydroxylation is 1. The number of nitrogens with zero attached hydrogens (tertiary/aromatic N) is 6. The number of rotatable bonds is 8. The Morgan fingerprint density at radius 3 is 2.53 bits per heavy atom. The molecule has 3 aromatic rings. The van der Waals surface area contributed by atoms with E-state index in [9.17, 15) is 44.7 Å². The number of hydrogen-bond donors (Lipinski definition) is 2. The third kappa shape index (κ3) is 5.67. The number of hydrogen-bond acceptors (Lipinski definition) is 7. The fraction of sp³-hybridized carbons (Fsp3) is 0.583. The Hall–Kier alpha value is -4.06. The first kappa shape index (κ1) is 29.0. The predicted octanol–water partition coefficient (Wildman–Crippen LogP) is 3.83. The zero-order valence-electron chi connectivity index (χ0n) is 21.8. The smallest absolute Gasteiger partial charge is 0.342 e. The largest absolute Gasteiger partial charge is 0.410 e. The zero-order valence-corrected chi connectivity index (χ0v) is 21.8. The lowest BCUT2D eigenvalue weighted by molar-refractivity contribution is -0.149. The Morgan fingerprint density at radius 2 is 1.88 bits per heavy atom. The lowest BCUT2D eigenvalue weighted by Gasteiger charge is -2.25. The zero-order chi connectivity index (χ0) is 30.9. The van der Waals surface area contributed by atoms with E-state index in [4.69, 9.17) is 0 Å². The van der Waals surface area contributed by atoms with Crippen molar-refractivity contribution in [3.05, 3.63) is 41.1 Å². The van der Waals surface area contributed by atoms with Gasteiger partial charge in [-0.3, -0.25) is 4.79 Å². The highest BCUT2D eigenvalue weighted by Crippen LogP contribution is 2.67. The molecular formula is C24H22F8N8O3. The molecule has 1 unspecified atom stereocenters. The summed E-state index contributed by atoms with van der Waals surface area (Å²) in [5, 5.41) is 15.5. The maximum atomic E-state index is 14.0.